The Labute approximate surface area is 171 Å². The Kier molecular flexibility index (Phi) is 5.84. The largest absolute Gasteiger partial charge is 0.417 e. The highest BCUT2D eigenvalue weighted by atomic mass is 32.2. The number of carbonyl (C=O) groups is 1. The molecule has 3 aromatic rings. The van der Waals surface area contributed by atoms with Crippen LogP contribution in [-0.2, 0) is 16.2 Å². The molecule has 0 aromatic heterocycles. The standard InChI is InChI=1S/C21H17F3N2O3S/c1-26(16-9-3-2-4-10-16)30(28,29)17-11-7-8-15(14-17)25-20(27)18-12-5-6-13-19(18)21(22,23)24/h2-14H,1H3,(H,25,27). The van der Waals surface area contributed by atoms with Gasteiger partial charge in [-0.25, -0.2) is 8.42 Å². The van der Waals surface area contributed by atoms with Gasteiger partial charge >= 0.3 is 6.18 Å². The maximum absolute atomic E-state index is 13.2. The molecule has 3 aromatic carbocycles. The van der Waals surface area contributed by atoms with E-state index in [1.807, 2.05) is 0 Å². The molecular formula is C21H17F3N2O3S. The number of carbonyl (C=O) groups excluding carboxylic acids is 1. The van der Waals surface area contributed by atoms with Crippen molar-refractivity contribution in [2.24, 2.45) is 0 Å². The number of rotatable bonds is 5. The summed E-state index contributed by atoms with van der Waals surface area (Å²) in [5, 5.41) is 2.34. The van der Waals surface area contributed by atoms with E-state index < -0.39 is 33.2 Å². The fourth-order valence-corrected chi connectivity index (χ4v) is 4.04. The van der Waals surface area contributed by atoms with E-state index in [0.29, 0.717) is 5.69 Å². The zero-order valence-corrected chi connectivity index (χ0v) is 16.5. The lowest BCUT2D eigenvalue weighted by Crippen LogP contribution is -2.26. The zero-order valence-electron chi connectivity index (χ0n) is 15.7. The van der Waals surface area contributed by atoms with E-state index in [-0.39, 0.29) is 10.6 Å². The second-order valence-corrected chi connectivity index (χ2v) is 8.30. The molecule has 5 nitrogen and oxygen atoms in total. The molecule has 3 rings (SSSR count). The number of para-hydroxylation sites is 1. The summed E-state index contributed by atoms with van der Waals surface area (Å²) in [4.78, 5) is 12.3. The highest BCUT2D eigenvalue weighted by Crippen LogP contribution is 2.32. The summed E-state index contributed by atoms with van der Waals surface area (Å²) < 4.78 is 66.3. The van der Waals surface area contributed by atoms with Gasteiger partial charge in [0.05, 0.1) is 21.7 Å². The smallest absolute Gasteiger partial charge is 0.322 e. The van der Waals surface area contributed by atoms with Gasteiger partial charge < -0.3 is 5.32 Å². The van der Waals surface area contributed by atoms with Crippen LogP contribution in [0.15, 0.2) is 83.8 Å². The predicted octanol–water partition coefficient (Wildman–Crippen LogP) is 4.78. The summed E-state index contributed by atoms with van der Waals surface area (Å²) in [6.07, 6.45) is -4.70. The molecule has 0 fully saturated rings. The summed E-state index contributed by atoms with van der Waals surface area (Å²) in [5.74, 6) is -0.992. The first kappa shape index (κ1) is 21.4. The SMILES string of the molecule is CN(c1ccccc1)S(=O)(=O)c1cccc(NC(=O)c2ccccc2C(F)(F)F)c1. The van der Waals surface area contributed by atoms with Crippen LogP contribution in [0.4, 0.5) is 24.5 Å². The average molecular weight is 434 g/mol. The Morgan fingerprint density at radius 2 is 1.53 bits per heavy atom. The van der Waals surface area contributed by atoms with E-state index in [1.165, 1.54) is 43.4 Å². The second-order valence-electron chi connectivity index (χ2n) is 6.33. The summed E-state index contributed by atoms with van der Waals surface area (Å²) >= 11 is 0. The van der Waals surface area contributed by atoms with Gasteiger partial charge in [0.2, 0.25) is 0 Å². The van der Waals surface area contributed by atoms with Crippen LogP contribution in [0.25, 0.3) is 0 Å². The van der Waals surface area contributed by atoms with E-state index in [1.54, 1.807) is 30.3 Å². The van der Waals surface area contributed by atoms with Gasteiger partial charge in [-0.1, -0.05) is 36.4 Å². The number of sulfonamides is 1. The van der Waals surface area contributed by atoms with Crippen LogP contribution in [0.2, 0.25) is 0 Å². The van der Waals surface area contributed by atoms with Gasteiger partial charge in [0.1, 0.15) is 0 Å². The van der Waals surface area contributed by atoms with Gasteiger partial charge in [0, 0.05) is 12.7 Å². The lowest BCUT2D eigenvalue weighted by molar-refractivity contribution is -0.137. The third-order valence-electron chi connectivity index (χ3n) is 4.35. The van der Waals surface area contributed by atoms with Crippen molar-refractivity contribution in [3.63, 3.8) is 0 Å². The van der Waals surface area contributed by atoms with Crippen molar-refractivity contribution >= 4 is 27.3 Å². The molecule has 0 spiro atoms. The molecule has 0 aliphatic rings. The third-order valence-corrected chi connectivity index (χ3v) is 6.13. The van der Waals surface area contributed by atoms with E-state index in [2.05, 4.69) is 5.32 Å². The molecule has 0 saturated heterocycles. The Hall–Kier alpha value is -3.33. The zero-order chi connectivity index (χ0) is 21.9. The summed E-state index contributed by atoms with van der Waals surface area (Å²) in [6.45, 7) is 0. The Morgan fingerprint density at radius 3 is 2.20 bits per heavy atom. The lowest BCUT2D eigenvalue weighted by Gasteiger charge is -2.20. The number of halogens is 3. The summed E-state index contributed by atoms with van der Waals surface area (Å²) in [6, 6.07) is 18.1. The van der Waals surface area contributed by atoms with Crippen LogP contribution in [0, 0.1) is 0 Å². The first-order valence-corrected chi connectivity index (χ1v) is 10.2. The minimum atomic E-state index is -4.70. The highest BCUT2D eigenvalue weighted by Gasteiger charge is 2.34. The number of hydrogen-bond donors (Lipinski definition) is 1. The van der Waals surface area contributed by atoms with Crippen molar-refractivity contribution in [3.8, 4) is 0 Å². The molecule has 0 bridgehead atoms. The van der Waals surface area contributed by atoms with Crippen molar-refractivity contribution in [2.75, 3.05) is 16.7 Å². The van der Waals surface area contributed by atoms with E-state index in [0.717, 1.165) is 16.4 Å². The number of nitrogens with one attached hydrogen (secondary N) is 1. The number of alkyl halides is 3. The summed E-state index contributed by atoms with van der Waals surface area (Å²) in [7, 11) is -2.56. The van der Waals surface area contributed by atoms with Crippen LogP contribution in [-0.4, -0.2) is 21.4 Å². The monoisotopic (exact) mass is 434 g/mol. The molecule has 0 aliphatic carbocycles. The molecule has 30 heavy (non-hydrogen) atoms. The fourth-order valence-electron chi connectivity index (χ4n) is 2.80. The number of hydrogen-bond acceptors (Lipinski definition) is 3. The number of benzene rings is 3. The number of amides is 1. The maximum Gasteiger partial charge on any atom is 0.417 e. The topological polar surface area (TPSA) is 66.5 Å². The first-order chi connectivity index (χ1) is 14.1. The van der Waals surface area contributed by atoms with Crippen molar-refractivity contribution in [3.05, 3.63) is 90.0 Å². The maximum atomic E-state index is 13.2. The quantitative estimate of drug-likeness (QED) is 0.628. The summed E-state index contributed by atoms with van der Waals surface area (Å²) in [5.41, 5.74) is -1.14. The minimum Gasteiger partial charge on any atom is -0.322 e. The molecule has 0 radical (unpaired) electrons. The molecule has 0 aliphatic heterocycles. The van der Waals surface area contributed by atoms with Crippen molar-refractivity contribution < 1.29 is 26.4 Å². The molecule has 0 saturated carbocycles. The van der Waals surface area contributed by atoms with Crippen LogP contribution >= 0.6 is 0 Å². The fraction of sp³-hybridized carbons (Fsp3) is 0.0952. The van der Waals surface area contributed by atoms with Crippen molar-refractivity contribution in [1.29, 1.82) is 0 Å². The third kappa shape index (κ3) is 4.46. The van der Waals surface area contributed by atoms with Crippen LogP contribution < -0.4 is 9.62 Å². The first-order valence-electron chi connectivity index (χ1n) is 8.72. The van der Waals surface area contributed by atoms with Gasteiger partial charge in [0.25, 0.3) is 15.9 Å². The molecule has 0 heterocycles. The molecule has 1 N–H and O–H groups in total. The molecule has 9 heteroatoms. The van der Waals surface area contributed by atoms with E-state index in [9.17, 15) is 26.4 Å². The average Bonchev–Trinajstić information content (AvgIpc) is 2.73. The lowest BCUT2D eigenvalue weighted by atomic mass is 10.1. The van der Waals surface area contributed by atoms with E-state index >= 15 is 0 Å². The predicted molar refractivity (Wildman–Crippen MR) is 108 cm³/mol. The van der Waals surface area contributed by atoms with Crippen LogP contribution in [0.1, 0.15) is 15.9 Å². The van der Waals surface area contributed by atoms with Gasteiger partial charge in [-0.15, -0.1) is 0 Å². The van der Waals surface area contributed by atoms with Gasteiger partial charge in [-0.3, -0.25) is 9.10 Å². The van der Waals surface area contributed by atoms with Crippen molar-refractivity contribution in [2.45, 2.75) is 11.1 Å². The van der Waals surface area contributed by atoms with Gasteiger partial charge in [0.15, 0.2) is 0 Å². The molecule has 0 atom stereocenters. The van der Waals surface area contributed by atoms with Crippen LogP contribution in [0.5, 0.6) is 0 Å². The second kappa shape index (κ2) is 8.19. The van der Waals surface area contributed by atoms with Crippen molar-refractivity contribution in [1.82, 2.24) is 0 Å². The Bertz CT molecular complexity index is 1160. The number of nitrogens with zero attached hydrogens (tertiary/aromatic N) is 1. The molecule has 0 unspecified atom stereocenters. The molecule has 156 valence electrons. The number of anilines is 2. The normalized spacial score (nSPS) is 11.7. The minimum absolute atomic E-state index is 0.0551. The van der Waals surface area contributed by atoms with Crippen LogP contribution in [0.3, 0.4) is 0 Å². The highest BCUT2D eigenvalue weighted by molar-refractivity contribution is 7.92. The van der Waals surface area contributed by atoms with Gasteiger partial charge in [-0.2, -0.15) is 13.2 Å². The molecular weight excluding hydrogens is 417 g/mol. The Morgan fingerprint density at radius 1 is 0.900 bits per heavy atom. The Balaban J connectivity index is 1.89. The van der Waals surface area contributed by atoms with E-state index in [4.69, 9.17) is 0 Å². The molecule has 1 amide bonds. The van der Waals surface area contributed by atoms with Gasteiger partial charge in [-0.05, 0) is 42.5 Å².